The van der Waals surface area contributed by atoms with Crippen molar-refractivity contribution in [2.24, 2.45) is 0 Å². The first-order valence-corrected chi connectivity index (χ1v) is 3.35. The van der Waals surface area contributed by atoms with Gasteiger partial charge in [-0.05, 0) is 0 Å². The van der Waals surface area contributed by atoms with E-state index >= 15 is 0 Å². The standard InChI is InChI=1S/C8H8NO3.HO/c9-8(11)12-7(10)6-4-2-1-3-5-6;/h1-5,7,9-10H;1H. The molecule has 0 aliphatic heterocycles. The predicted molar refractivity (Wildman–Crippen MR) is 42.9 cm³/mol. The van der Waals surface area contributed by atoms with Gasteiger partial charge in [0.15, 0.2) is 0 Å². The van der Waals surface area contributed by atoms with Gasteiger partial charge in [-0.2, -0.15) is 0 Å². The van der Waals surface area contributed by atoms with Crippen LogP contribution in [0.25, 0.3) is 0 Å². The summed E-state index contributed by atoms with van der Waals surface area (Å²) < 4.78 is 4.22. The minimum absolute atomic E-state index is 0. The molecule has 0 aliphatic carbocycles. The van der Waals surface area contributed by atoms with Crippen molar-refractivity contribution in [3.8, 4) is 0 Å². The molecule has 0 saturated heterocycles. The highest BCUT2D eigenvalue weighted by molar-refractivity contribution is 5.63. The quantitative estimate of drug-likeness (QED) is 0.666. The van der Waals surface area contributed by atoms with Crippen LogP contribution in [0.1, 0.15) is 11.9 Å². The number of rotatable bonds is 2. The first kappa shape index (κ1) is 11.4. The molecule has 1 atom stereocenters. The fourth-order valence-corrected chi connectivity index (χ4v) is 0.787. The van der Waals surface area contributed by atoms with Gasteiger partial charge in [0, 0.05) is 5.56 Å². The topological polar surface area (TPSA) is 100 Å². The summed E-state index contributed by atoms with van der Waals surface area (Å²) in [6.07, 6.45) is -2.58. The summed E-state index contributed by atoms with van der Waals surface area (Å²) in [5, 5.41) is 9.13. The van der Waals surface area contributed by atoms with Gasteiger partial charge in [-0.3, -0.25) is 5.48 Å². The highest BCUT2D eigenvalue weighted by atomic mass is 16.6. The monoisotopic (exact) mass is 183 g/mol. The van der Waals surface area contributed by atoms with Crippen molar-refractivity contribution >= 4 is 6.09 Å². The van der Waals surface area contributed by atoms with Crippen molar-refractivity contribution in [2.45, 2.75) is 6.29 Å². The highest BCUT2D eigenvalue weighted by Gasteiger charge is 2.09. The Labute approximate surface area is 75.1 Å². The molecule has 0 saturated carbocycles. The Morgan fingerprint density at radius 3 is 2.38 bits per heavy atom. The van der Waals surface area contributed by atoms with Crippen molar-refractivity contribution in [1.82, 2.24) is 5.73 Å². The summed E-state index contributed by atoms with van der Waals surface area (Å²) >= 11 is 0. The summed E-state index contributed by atoms with van der Waals surface area (Å²) in [4.78, 5) is 10.1. The number of amides is 1. The van der Waals surface area contributed by atoms with Crippen LogP contribution in [0.4, 0.5) is 4.79 Å². The van der Waals surface area contributed by atoms with Crippen LogP contribution in [0.3, 0.4) is 0 Å². The van der Waals surface area contributed by atoms with E-state index in [1.54, 1.807) is 30.3 Å². The van der Waals surface area contributed by atoms with Gasteiger partial charge in [0.05, 0.1) is 0 Å². The Morgan fingerprint density at radius 2 is 1.92 bits per heavy atom. The van der Waals surface area contributed by atoms with Gasteiger partial charge in [0.25, 0.3) is 0 Å². The van der Waals surface area contributed by atoms with E-state index in [1.807, 2.05) is 0 Å². The zero-order valence-corrected chi connectivity index (χ0v) is 6.68. The number of ether oxygens (including phenoxy) is 1. The van der Waals surface area contributed by atoms with Crippen LogP contribution in [-0.4, -0.2) is 16.7 Å². The largest absolute Gasteiger partial charge is 0.428 e. The summed E-state index contributed by atoms with van der Waals surface area (Å²) in [7, 11) is 0. The average molecular weight is 183 g/mol. The maximum atomic E-state index is 10.1. The molecule has 5 heteroatoms. The molecule has 0 aliphatic rings. The molecule has 5 nitrogen and oxygen atoms in total. The average Bonchev–Trinajstić information content (AvgIpc) is 2.05. The summed E-state index contributed by atoms with van der Waals surface area (Å²) in [6.45, 7) is 0. The molecule has 1 unspecified atom stereocenters. The number of hydrogen-bond donors (Lipinski definition) is 2. The lowest BCUT2D eigenvalue weighted by Crippen LogP contribution is -2.09. The second-order valence-corrected chi connectivity index (χ2v) is 2.17. The Bertz CT molecular complexity index is 262. The van der Waals surface area contributed by atoms with Crippen LogP contribution >= 0.6 is 0 Å². The van der Waals surface area contributed by atoms with Gasteiger partial charge in [-0.15, -0.1) is 0 Å². The summed E-state index contributed by atoms with van der Waals surface area (Å²) in [6, 6.07) is 8.40. The molecule has 0 aromatic heterocycles. The van der Waals surface area contributed by atoms with E-state index in [0.29, 0.717) is 5.56 Å². The molecule has 0 spiro atoms. The van der Waals surface area contributed by atoms with Crippen molar-refractivity contribution in [3.63, 3.8) is 0 Å². The first-order valence-electron chi connectivity index (χ1n) is 3.35. The van der Waals surface area contributed by atoms with Crippen molar-refractivity contribution in [3.05, 3.63) is 35.9 Å². The first-order chi connectivity index (χ1) is 5.70. The number of nitrogens with one attached hydrogen (secondary N) is 1. The number of hydrogen-bond acceptors (Lipinski definition) is 3. The molecule has 1 rings (SSSR count). The number of aliphatic hydroxyl groups is 1. The second-order valence-electron chi connectivity index (χ2n) is 2.17. The van der Waals surface area contributed by atoms with E-state index in [0.717, 1.165) is 0 Å². The number of aliphatic hydroxyl groups excluding tert-OH is 1. The van der Waals surface area contributed by atoms with E-state index in [9.17, 15) is 4.79 Å². The number of benzene rings is 1. The third-order valence-electron chi connectivity index (χ3n) is 1.30. The lowest BCUT2D eigenvalue weighted by Gasteiger charge is -2.08. The minimum Gasteiger partial charge on any atom is -0.414 e. The molecule has 2 radical (unpaired) electrons. The normalized spacial score (nSPS) is 11.2. The van der Waals surface area contributed by atoms with Crippen LogP contribution in [-0.2, 0) is 4.74 Å². The summed E-state index contributed by atoms with van der Waals surface area (Å²) in [5.41, 5.74) is 6.89. The molecule has 0 heterocycles. The van der Waals surface area contributed by atoms with E-state index < -0.39 is 12.4 Å². The SMILES string of the molecule is [NH]C(=O)OC(O)c1ccccc1.[OH]. The Kier molecular flexibility index (Phi) is 4.50. The fraction of sp³-hybridized carbons (Fsp3) is 0.125. The Hall–Kier alpha value is -1.59. The molecule has 1 aromatic carbocycles. The van der Waals surface area contributed by atoms with Crippen LogP contribution in [0.2, 0.25) is 0 Å². The maximum Gasteiger partial charge on any atom is 0.428 e. The van der Waals surface area contributed by atoms with Crippen molar-refractivity contribution < 1.29 is 20.1 Å². The third-order valence-corrected chi connectivity index (χ3v) is 1.30. The van der Waals surface area contributed by atoms with Gasteiger partial charge in [0.2, 0.25) is 6.29 Å². The molecular weight excluding hydrogens is 174 g/mol. The Morgan fingerprint density at radius 1 is 1.38 bits per heavy atom. The smallest absolute Gasteiger partial charge is 0.414 e. The van der Waals surface area contributed by atoms with Crippen LogP contribution in [0.15, 0.2) is 30.3 Å². The molecule has 13 heavy (non-hydrogen) atoms. The van der Waals surface area contributed by atoms with E-state index in [1.165, 1.54) is 0 Å². The number of carbonyl (C=O) groups is 1. The van der Waals surface area contributed by atoms with Gasteiger partial charge in [0.1, 0.15) is 0 Å². The van der Waals surface area contributed by atoms with Gasteiger partial charge >= 0.3 is 6.09 Å². The highest BCUT2D eigenvalue weighted by Crippen LogP contribution is 2.12. The maximum absolute atomic E-state index is 10.1. The van der Waals surface area contributed by atoms with E-state index in [-0.39, 0.29) is 5.48 Å². The third kappa shape index (κ3) is 3.55. The lowest BCUT2D eigenvalue weighted by molar-refractivity contribution is -0.0517. The van der Waals surface area contributed by atoms with Gasteiger partial charge in [-0.1, -0.05) is 30.3 Å². The van der Waals surface area contributed by atoms with Crippen LogP contribution < -0.4 is 5.73 Å². The van der Waals surface area contributed by atoms with Crippen molar-refractivity contribution in [2.75, 3.05) is 0 Å². The second kappa shape index (κ2) is 5.13. The zero-order valence-electron chi connectivity index (χ0n) is 6.68. The van der Waals surface area contributed by atoms with Crippen LogP contribution in [0, 0.1) is 0 Å². The Balaban J connectivity index is 0.00000144. The predicted octanol–water partition coefficient (Wildman–Crippen LogP) is 0.920. The van der Waals surface area contributed by atoms with E-state index in [4.69, 9.17) is 10.8 Å². The molecule has 70 valence electrons. The van der Waals surface area contributed by atoms with E-state index in [2.05, 4.69) is 4.74 Å². The van der Waals surface area contributed by atoms with Gasteiger partial charge < -0.3 is 9.84 Å². The fourth-order valence-electron chi connectivity index (χ4n) is 0.787. The lowest BCUT2D eigenvalue weighted by atomic mass is 10.2. The molecule has 1 amide bonds. The zero-order chi connectivity index (χ0) is 8.97. The van der Waals surface area contributed by atoms with Crippen LogP contribution in [0.5, 0.6) is 0 Å². The molecule has 3 N–H and O–H groups in total. The number of carbonyl (C=O) groups excluding carboxylic acids is 1. The summed E-state index contributed by atoms with van der Waals surface area (Å²) in [5.74, 6) is 0. The molecule has 1 aromatic rings. The van der Waals surface area contributed by atoms with Crippen molar-refractivity contribution in [1.29, 1.82) is 0 Å². The molecular formula is C8H9NO4. The molecule has 0 fully saturated rings. The molecule has 0 bridgehead atoms. The minimum atomic E-state index is -1.34. The van der Waals surface area contributed by atoms with Gasteiger partial charge in [-0.25, -0.2) is 10.5 Å².